The first kappa shape index (κ1) is 8.69. The molecule has 0 aliphatic carbocycles. The molecule has 0 bridgehead atoms. The lowest BCUT2D eigenvalue weighted by Crippen LogP contribution is -2.10. The maximum Gasteiger partial charge on any atom is 0.250 e. The zero-order valence-electron chi connectivity index (χ0n) is 7.82. The van der Waals surface area contributed by atoms with Gasteiger partial charge in [-0.2, -0.15) is 0 Å². The van der Waals surface area contributed by atoms with Crippen LogP contribution in [-0.4, -0.2) is 10.9 Å². The van der Waals surface area contributed by atoms with Gasteiger partial charge in [-0.1, -0.05) is 11.6 Å². The number of carbonyl (C=O) groups is 1. The summed E-state index contributed by atoms with van der Waals surface area (Å²) in [5.74, 6) is -0.444. The Morgan fingerprint density at radius 3 is 2.86 bits per heavy atom. The number of nitrogens with zero attached hydrogens (tertiary/aromatic N) is 1. The van der Waals surface area contributed by atoms with Gasteiger partial charge in [0.2, 0.25) is 5.91 Å². The third-order valence-corrected chi connectivity index (χ3v) is 2.12. The summed E-state index contributed by atoms with van der Waals surface area (Å²) in [6, 6.07) is 7.65. The highest BCUT2D eigenvalue weighted by Gasteiger charge is 2.02. The Bertz CT molecular complexity index is 506. The molecule has 14 heavy (non-hydrogen) atoms. The van der Waals surface area contributed by atoms with E-state index in [-0.39, 0.29) is 0 Å². The van der Waals surface area contributed by atoms with Crippen molar-refractivity contribution in [2.24, 2.45) is 5.73 Å². The van der Waals surface area contributed by atoms with Crippen molar-refractivity contribution in [2.75, 3.05) is 0 Å². The number of primary amides is 1. The van der Waals surface area contributed by atoms with Gasteiger partial charge in [0.25, 0.3) is 0 Å². The first-order chi connectivity index (χ1) is 6.66. The maximum absolute atomic E-state index is 10.9. The number of hydrogen-bond acceptors (Lipinski definition) is 2. The van der Waals surface area contributed by atoms with Crippen LogP contribution in [0.15, 0.2) is 30.5 Å². The highest BCUT2D eigenvalue weighted by atomic mass is 16.1. The number of aromatic nitrogens is 1. The number of nitrogens with two attached hydrogens (primary N) is 1. The molecule has 0 aliphatic rings. The molecule has 0 saturated carbocycles. The Balaban J connectivity index is 2.69. The van der Waals surface area contributed by atoms with Gasteiger partial charge >= 0.3 is 0 Å². The fourth-order valence-corrected chi connectivity index (χ4v) is 1.39. The van der Waals surface area contributed by atoms with Crippen molar-refractivity contribution < 1.29 is 4.79 Å². The number of aryl methyl sites for hydroxylation is 1. The second-order valence-electron chi connectivity index (χ2n) is 3.28. The van der Waals surface area contributed by atoms with Crippen LogP contribution < -0.4 is 5.73 Å². The minimum atomic E-state index is -0.444. The number of fused-ring (bicyclic) bond motifs is 1. The summed E-state index contributed by atoms with van der Waals surface area (Å²) in [7, 11) is 0. The summed E-state index contributed by atoms with van der Waals surface area (Å²) >= 11 is 0. The Hall–Kier alpha value is -1.90. The van der Waals surface area contributed by atoms with Gasteiger partial charge in [-0.15, -0.1) is 0 Å². The van der Waals surface area contributed by atoms with Gasteiger partial charge in [0.15, 0.2) is 0 Å². The summed E-state index contributed by atoms with van der Waals surface area (Å²) in [5.41, 5.74) is 7.63. The van der Waals surface area contributed by atoms with Crippen LogP contribution in [0.25, 0.3) is 10.9 Å². The summed E-state index contributed by atoms with van der Waals surface area (Å²) in [5, 5.41) is 0.946. The average Bonchev–Trinajstić information content (AvgIpc) is 2.16. The first-order valence-corrected chi connectivity index (χ1v) is 4.33. The number of rotatable bonds is 1. The van der Waals surface area contributed by atoms with E-state index in [0.29, 0.717) is 5.56 Å². The molecule has 3 heteroatoms. The average molecular weight is 186 g/mol. The van der Waals surface area contributed by atoms with E-state index in [9.17, 15) is 4.79 Å². The van der Waals surface area contributed by atoms with Crippen molar-refractivity contribution in [1.29, 1.82) is 0 Å². The van der Waals surface area contributed by atoms with E-state index < -0.39 is 5.91 Å². The fourth-order valence-electron chi connectivity index (χ4n) is 1.39. The zero-order valence-corrected chi connectivity index (χ0v) is 7.82. The highest BCUT2D eigenvalue weighted by Crippen LogP contribution is 2.14. The number of amides is 1. The predicted molar refractivity (Wildman–Crippen MR) is 55.0 cm³/mol. The Morgan fingerprint density at radius 1 is 1.36 bits per heavy atom. The van der Waals surface area contributed by atoms with Gasteiger partial charge in [-0.05, 0) is 25.1 Å². The lowest BCUT2D eigenvalue weighted by Gasteiger charge is -2.00. The first-order valence-electron chi connectivity index (χ1n) is 4.33. The standard InChI is InChI=1S/C11H10N2O/c1-7-2-3-10-8(4-7)5-9(6-13-10)11(12)14/h2-6H,1H3,(H2,12,14). The van der Waals surface area contributed by atoms with E-state index in [0.717, 1.165) is 16.5 Å². The van der Waals surface area contributed by atoms with Gasteiger partial charge in [-0.25, -0.2) is 0 Å². The molecule has 2 aromatic rings. The minimum absolute atomic E-state index is 0.444. The Kier molecular flexibility index (Phi) is 1.93. The van der Waals surface area contributed by atoms with Crippen molar-refractivity contribution in [2.45, 2.75) is 6.92 Å². The zero-order chi connectivity index (χ0) is 10.1. The van der Waals surface area contributed by atoms with Crippen molar-refractivity contribution in [1.82, 2.24) is 4.98 Å². The van der Waals surface area contributed by atoms with Gasteiger partial charge in [0.1, 0.15) is 0 Å². The van der Waals surface area contributed by atoms with Crippen molar-refractivity contribution >= 4 is 16.8 Å². The van der Waals surface area contributed by atoms with Gasteiger partial charge in [-0.3, -0.25) is 9.78 Å². The number of hydrogen-bond donors (Lipinski definition) is 1. The maximum atomic E-state index is 10.9. The minimum Gasteiger partial charge on any atom is -0.366 e. The third-order valence-electron chi connectivity index (χ3n) is 2.12. The molecule has 1 aromatic carbocycles. The number of benzene rings is 1. The van der Waals surface area contributed by atoms with Crippen LogP contribution in [0.1, 0.15) is 15.9 Å². The van der Waals surface area contributed by atoms with Crippen LogP contribution in [-0.2, 0) is 0 Å². The molecule has 3 nitrogen and oxygen atoms in total. The molecule has 1 heterocycles. The molecular weight excluding hydrogens is 176 g/mol. The van der Waals surface area contributed by atoms with E-state index >= 15 is 0 Å². The highest BCUT2D eigenvalue weighted by molar-refractivity contribution is 5.96. The SMILES string of the molecule is Cc1ccc2ncc(C(N)=O)cc2c1. The van der Waals surface area contributed by atoms with Crippen molar-refractivity contribution in [3.05, 3.63) is 41.6 Å². The Morgan fingerprint density at radius 2 is 2.14 bits per heavy atom. The smallest absolute Gasteiger partial charge is 0.250 e. The summed E-state index contributed by atoms with van der Waals surface area (Å²) in [6.45, 7) is 2.00. The summed E-state index contributed by atoms with van der Waals surface area (Å²) < 4.78 is 0. The summed E-state index contributed by atoms with van der Waals surface area (Å²) in [6.07, 6.45) is 1.50. The predicted octanol–water partition coefficient (Wildman–Crippen LogP) is 1.64. The topological polar surface area (TPSA) is 56.0 Å². The molecule has 0 fully saturated rings. The molecule has 2 rings (SSSR count). The quantitative estimate of drug-likeness (QED) is 0.736. The molecule has 0 aliphatic heterocycles. The molecule has 1 amide bonds. The molecule has 0 atom stereocenters. The van der Waals surface area contributed by atoms with Crippen molar-refractivity contribution in [3.8, 4) is 0 Å². The lowest BCUT2D eigenvalue weighted by atomic mass is 10.1. The summed E-state index contributed by atoms with van der Waals surface area (Å²) in [4.78, 5) is 15.1. The molecule has 0 radical (unpaired) electrons. The van der Waals surface area contributed by atoms with Crippen LogP contribution in [0, 0.1) is 6.92 Å². The van der Waals surface area contributed by atoms with Crippen LogP contribution in [0.4, 0.5) is 0 Å². The normalized spacial score (nSPS) is 10.4. The third kappa shape index (κ3) is 1.44. The van der Waals surface area contributed by atoms with Crippen LogP contribution >= 0.6 is 0 Å². The van der Waals surface area contributed by atoms with Crippen LogP contribution in [0.2, 0.25) is 0 Å². The van der Waals surface area contributed by atoms with Gasteiger partial charge < -0.3 is 5.73 Å². The number of pyridine rings is 1. The molecule has 0 unspecified atom stereocenters. The molecular formula is C11H10N2O. The van der Waals surface area contributed by atoms with E-state index in [4.69, 9.17) is 5.73 Å². The lowest BCUT2D eigenvalue weighted by molar-refractivity contribution is 0.1000. The molecule has 0 spiro atoms. The van der Waals surface area contributed by atoms with E-state index in [1.54, 1.807) is 6.07 Å². The number of carbonyl (C=O) groups excluding carboxylic acids is 1. The van der Waals surface area contributed by atoms with Crippen molar-refractivity contribution in [3.63, 3.8) is 0 Å². The van der Waals surface area contributed by atoms with E-state index in [1.807, 2.05) is 25.1 Å². The van der Waals surface area contributed by atoms with Gasteiger partial charge in [0, 0.05) is 11.6 Å². The largest absolute Gasteiger partial charge is 0.366 e. The monoisotopic (exact) mass is 186 g/mol. The molecule has 2 N–H and O–H groups in total. The molecule has 70 valence electrons. The second kappa shape index (κ2) is 3.10. The van der Waals surface area contributed by atoms with E-state index in [1.165, 1.54) is 6.20 Å². The molecule has 1 aromatic heterocycles. The van der Waals surface area contributed by atoms with Gasteiger partial charge in [0.05, 0.1) is 11.1 Å². The van der Waals surface area contributed by atoms with E-state index in [2.05, 4.69) is 4.98 Å². The fraction of sp³-hybridized carbons (Fsp3) is 0.0909. The van der Waals surface area contributed by atoms with Crippen LogP contribution in [0.5, 0.6) is 0 Å². The molecule has 0 saturated heterocycles. The second-order valence-corrected chi connectivity index (χ2v) is 3.28. The Labute approximate surface area is 81.6 Å². The van der Waals surface area contributed by atoms with Crippen LogP contribution in [0.3, 0.4) is 0 Å².